The Bertz CT molecular complexity index is 1890. The number of fused-ring (bicyclic) bond motifs is 1. The van der Waals surface area contributed by atoms with Gasteiger partial charge in [-0.05, 0) is 80.9 Å². The summed E-state index contributed by atoms with van der Waals surface area (Å²) in [5.74, 6) is 0.754. The Morgan fingerprint density at radius 2 is 1.82 bits per heavy atom. The maximum atomic E-state index is 14.3. The monoisotopic (exact) mass is 691 g/mol. The zero-order valence-electron chi connectivity index (χ0n) is 27.6. The summed E-state index contributed by atoms with van der Waals surface area (Å²) >= 11 is 6.35. The molecule has 4 aromatic rings. The van der Waals surface area contributed by atoms with Gasteiger partial charge in [-0.1, -0.05) is 11.6 Å². The zero-order chi connectivity index (χ0) is 34.7. The van der Waals surface area contributed by atoms with E-state index in [0.29, 0.717) is 71.4 Å². The van der Waals surface area contributed by atoms with E-state index in [-0.39, 0.29) is 23.3 Å². The summed E-state index contributed by atoms with van der Waals surface area (Å²) in [6.45, 7) is 4.28. The van der Waals surface area contributed by atoms with Gasteiger partial charge < -0.3 is 30.0 Å². The Hall–Kier alpha value is -4.88. The number of amides is 3. The molecule has 49 heavy (non-hydrogen) atoms. The van der Waals surface area contributed by atoms with Crippen LogP contribution in [-0.2, 0) is 4.79 Å². The summed E-state index contributed by atoms with van der Waals surface area (Å²) in [4.78, 5) is 49.9. The summed E-state index contributed by atoms with van der Waals surface area (Å²) in [5, 5.41) is 8.86. The van der Waals surface area contributed by atoms with Crippen molar-refractivity contribution in [2.45, 2.75) is 38.3 Å². The number of methoxy groups -OCH3 is 2. The third-order valence-corrected chi connectivity index (χ3v) is 9.27. The number of carbonyl (C=O) groups excluding carboxylic acids is 2. The highest BCUT2D eigenvalue weighted by Crippen LogP contribution is 2.37. The number of anilines is 2. The molecule has 0 aliphatic carbocycles. The molecule has 2 unspecified atom stereocenters. The fourth-order valence-corrected chi connectivity index (χ4v) is 6.60. The quantitative estimate of drug-likeness (QED) is 0.254. The van der Waals surface area contributed by atoms with Crippen LogP contribution in [0.1, 0.15) is 38.1 Å². The first kappa shape index (κ1) is 34.0. The number of hydrogen-bond acceptors (Lipinski definition) is 8. The van der Waals surface area contributed by atoms with E-state index >= 15 is 0 Å². The molecule has 0 radical (unpaired) electrons. The Morgan fingerprint density at radius 1 is 1.06 bits per heavy atom. The Balaban J connectivity index is 1.41. The van der Waals surface area contributed by atoms with E-state index in [2.05, 4.69) is 10.6 Å². The molecule has 0 bridgehead atoms. The van der Waals surface area contributed by atoms with Crippen molar-refractivity contribution in [2.24, 2.45) is 0 Å². The van der Waals surface area contributed by atoms with Crippen LogP contribution in [0.25, 0.3) is 10.9 Å². The highest BCUT2D eigenvalue weighted by atomic mass is 35.5. The third kappa shape index (κ3) is 7.27. The first-order chi connectivity index (χ1) is 23.7. The Morgan fingerprint density at radius 3 is 2.49 bits per heavy atom. The highest BCUT2D eigenvalue weighted by molar-refractivity contribution is 6.31. The van der Waals surface area contributed by atoms with Gasteiger partial charge in [0.15, 0.2) is 5.82 Å². The second-order valence-corrected chi connectivity index (χ2v) is 12.5. The molecule has 2 saturated heterocycles. The summed E-state index contributed by atoms with van der Waals surface area (Å²) in [7, 11) is 3.01. The number of aromatic nitrogens is 2. The van der Waals surface area contributed by atoms with Gasteiger partial charge in [0.1, 0.15) is 17.3 Å². The van der Waals surface area contributed by atoms with Gasteiger partial charge in [0.2, 0.25) is 5.91 Å². The lowest BCUT2D eigenvalue weighted by atomic mass is 10.1. The van der Waals surface area contributed by atoms with E-state index in [1.54, 1.807) is 43.3 Å². The number of benzene rings is 3. The van der Waals surface area contributed by atoms with Gasteiger partial charge in [-0.25, -0.2) is 18.8 Å². The summed E-state index contributed by atoms with van der Waals surface area (Å²) in [5.41, 5.74) is 0.770. The molecular weight excluding hydrogens is 653 g/mol. The highest BCUT2D eigenvalue weighted by Gasteiger charge is 2.33. The fourth-order valence-electron chi connectivity index (χ4n) is 6.44. The SMILES string of the molecule is COc1ccc(N(C(=O)Nc2ccc(F)cc2)C(C)c2nc3cc(Cl)ccc3c(=O)n2N2CCN(C(=O)CC3CCCN3)CC2)c(OC)c1. The minimum atomic E-state index is -0.869. The average Bonchev–Trinajstić information content (AvgIpc) is 3.62. The maximum absolute atomic E-state index is 14.3. The third-order valence-electron chi connectivity index (χ3n) is 9.03. The number of halogens is 2. The maximum Gasteiger partial charge on any atom is 0.327 e. The smallest absolute Gasteiger partial charge is 0.327 e. The van der Waals surface area contributed by atoms with Crippen LogP contribution in [0.4, 0.5) is 20.6 Å². The van der Waals surface area contributed by atoms with Crippen LogP contribution < -0.4 is 35.6 Å². The number of nitrogens with one attached hydrogen (secondary N) is 2. The van der Waals surface area contributed by atoms with Gasteiger partial charge in [0.25, 0.3) is 5.56 Å². The predicted molar refractivity (Wildman–Crippen MR) is 187 cm³/mol. The standard InChI is InChI=1S/C35H39ClFN7O5/c1-22(43(30-13-11-27(48-2)21-31(30)49-3)35(47)39-25-9-7-24(37)8-10-25)33-40-29-19-23(36)6-12-28(29)34(46)44(33)42-17-15-41(16-18-42)32(45)20-26-5-4-14-38-26/h6-13,19,21-22,26,38H,4-5,14-18,20H2,1-3H3,(H,39,47). The molecule has 2 aliphatic heterocycles. The van der Waals surface area contributed by atoms with Crippen LogP contribution >= 0.6 is 11.6 Å². The molecule has 2 fully saturated rings. The Labute approximate surface area is 288 Å². The van der Waals surface area contributed by atoms with E-state index < -0.39 is 17.9 Å². The van der Waals surface area contributed by atoms with Crippen LogP contribution in [0.15, 0.2) is 65.5 Å². The summed E-state index contributed by atoms with van der Waals surface area (Å²) < 4.78 is 26.3. The van der Waals surface area contributed by atoms with Crippen molar-refractivity contribution in [3.63, 3.8) is 0 Å². The van der Waals surface area contributed by atoms with E-state index in [1.165, 1.54) is 48.1 Å². The number of urea groups is 1. The molecule has 12 nitrogen and oxygen atoms in total. The molecule has 0 spiro atoms. The fraction of sp³-hybridized carbons (Fsp3) is 0.371. The molecule has 2 atom stereocenters. The number of piperazine rings is 1. The lowest BCUT2D eigenvalue weighted by molar-refractivity contribution is -0.132. The second kappa shape index (κ2) is 14.7. The van der Waals surface area contributed by atoms with Crippen molar-refractivity contribution >= 4 is 45.8 Å². The van der Waals surface area contributed by atoms with E-state index in [0.717, 1.165) is 19.4 Å². The first-order valence-corrected chi connectivity index (χ1v) is 16.6. The number of nitrogens with zero attached hydrogens (tertiary/aromatic N) is 5. The molecule has 14 heteroatoms. The van der Waals surface area contributed by atoms with E-state index in [4.69, 9.17) is 26.1 Å². The van der Waals surface area contributed by atoms with Crippen molar-refractivity contribution in [3.05, 3.63) is 87.7 Å². The van der Waals surface area contributed by atoms with Gasteiger partial charge in [-0.15, -0.1) is 0 Å². The van der Waals surface area contributed by atoms with Gasteiger partial charge in [0.05, 0.1) is 49.9 Å². The molecule has 2 aliphatic rings. The predicted octanol–water partition coefficient (Wildman–Crippen LogP) is 4.93. The largest absolute Gasteiger partial charge is 0.497 e. The molecule has 0 saturated carbocycles. The van der Waals surface area contributed by atoms with Crippen molar-refractivity contribution in [2.75, 3.05) is 62.2 Å². The molecule has 258 valence electrons. The minimum absolute atomic E-state index is 0.0847. The average molecular weight is 692 g/mol. The molecule has 1 aromatic heterocycles. The van der Waals surface area contributed by atoms with Crippen LogP contribution in [0.2, 0.25) is 5.02 Å². The van der Waals surface area contributed by atoms with E-state index in [9.17, 15) is 18.8 Å². The van der Waals surface area contributed by atoms with Crippen LogP contribution in [0.3, 0.4) is 0 Å². The normalized spacial score (nSPS) is 16.8. The molecule has 2 N–H and O–H groups in total. The lowest BCUT2D eigenvalue weighted by Crippen LogP contribution is -2.57. The lowest BCUT2D eigenvalue weighted by Gasteiger charge is -2.39. The molecule has 3 heterocycles. The van der Waals surface area contributed by atoms with Crippen molar-refractivity contribution in [1.29, 1.82) is 0 Å². The molecule has 3 amide bonds. The van der Waals surface area contributed by atoms with Crippen LogP contribution in [0.5, 0.6) is 11.5 Å². The van der Waals surface area contributed by atoms with Crippen molar-refractivity contribution in [1.82, 2.24) is 19.9 Å². The van der Waals surface area contributed by atoms with Crippen LogP contribution in [0, 0.1) is 5.82 Å². The van der Waals surface area contributed by atoms with Gasteiger partial charge in [0, 0.05) is 42.3 Å². The van der Waals surface area contributed by atoms with Crippen molar-refractivity contribution < 1.29 is 23.5 Å². The second-order valence-electron chi connectivity index (χ2n) is 12.1. The van der Waals surface area contributed by atoms with Crippen LogP contribution in [-0.4, -0.2) is 79.5 Å². The summed E-state index contributed by atoms with van der Waals surface area (Å²) in [6, 6.07) is 14.1. The number of ether oxygens (including phenoxy) is 2. The van der Waals surface area contributed by atoms with Gasteiger partial charge >= 0.3 is 6.03 Å². The molecule has 3 aromatic carbocycles. The molecular formula is C35H39ClFN7O5. The zero-order valence-corrected chi connectivity index (χ0v) is 28.4. The van der Waals surface area contributed by atoms with Gasteiger partial charge in [-0.2, -0.15) is 0 Å². The minimum Gasteiger partial charge on any atom is -0.497 e. The Kier molecular flexibility index (Phi) is 10.2. The summed E-state index contributed by atoms with van der Waals surface area (Å²) in [6.07, 6.45) is 2.50. The number of hydrogen-bond donors (Lipinski definition) is 2. The number of rotatable bonds is 9. The van der Waals surface area contributed by atoms with E-state index in [1.807, 2.05) is 9.91 Å². The number of carbonyl (C=O) groups is 2. The molecule has 6 rings (SSSR count). The topological polar surface area (TPSA) is 121 Å². The van der Waals surface area contributed by atoms with Crippen molar-refractivity contribution in [3.8, 4) is 11.5 Å². The van der Waals surface area contributed by atoms with Gasteiger partial charge in [-0.3, -0.25) is 14.5 Å². The first-order valence-electron chi connectivity index (χ1n) is 16.2.